The lowest BCUT2D eigenvalue weighted by molar-refractivity contribution is -0.138. The predicted molar refractivity (Wildman–Crippen MR) is 110 cm³/mol. The largest absolute Gasteiger partial charge is 0.495 e. The molecule has 1 atom stereocenters. The summed E-state index contributed by atoms with van der Waals surface area (Å²) in [6.07, 6.45) is 1.67. The second-order valence-electron chi connectivity index (χ2n) is 6.54. The van der Waals surface area contributed by atoms with Gasteiger partial charge in [0.2, 0.25) is 0 Å². The molecule has 3 rings (SSSR count). The van der Waals surface area contributed by atoms with Crippen LogP contribution in [0.3, 0.4) is 0 Å². The third kappa shape index (κ3) is 3.51. The molecule has 0 amide bonds. The Morgan fingerprint density at radius 2 is 1.93 bits per heavy atom. The van der Waals surface area contributed by atoms with Gasteiger partial charge in [0.1, 0.15) is 11.6 Å². The first-order valence-corrected chi connectivity index (χ1v) is 9.21. The monoisotopic (exact) mass is 415 g/mol. The zero-order valence-electron chi connectivity index (χ0n) is 15.9. The van der Waals surface area contributed by atoms with Gasteiger partial charge in [-0.1, -0.05) is 17.7 Å². The molecule has 0 radical (unpaired) electrons. The van der Waals surface area contributed by atoms with E-state index in [9.17, 15) is 19.1 Å². The van der Waals surface area contributed by atoms with Crippen molar-refractivity contribution >= 4 is 34.4 Å². The molecule has 1 unspecified atom stereocenters. The maximum atomic E-state index is 13.3. The third-order valence-corrected chi connectivity index (χ3v) is 5.26. The first-order chi connectivity index (χ1) is 13.8. The van der Waals surface area contributed by atoms with E-state index in [0.717, 1.165) is 0 Å². The van der Waals surface area contributed by atoms with E-state index in [4.69, 9.17) is 16.3 Å². The molecule has 1 aromatic heterocycles. The molecule has 0 fully saturated rings. The molecule has 1 heterocycles. The van der Waals surface area contributed by atoms with E-state index < -0.39 is 23.6 Å². The van der Waals surface area contributed by atoms with E-state index in [1.54, 1.807) is 19.1 Å². The van der Waals surface area contributed by atoms with Crippen LogP contribution < -0.4 is 4.74 Å². The fourth-order valence-electron chi connectivity index (χ4n) is 3.55. The van der Waals surface area contributed by atoms with E-state index in [1.165, 1.54) is 42.0 Å². The molecule has 0 aliphatic carbocycles. The van der Waals surface area contributed by atoms with Gasteiger partial charge in [-0.2, -0.15) is 0 Å². The van der Waals surface area contributed by atoms with Gasteiger partial charge in [0.15, 0.2) is 0 Å². The van der Waals surface area contributed by atoms with Gasteiger partial charge in [0.25, 0.3) is 5.91 Å². The molecule has 1 N–H and O–H groups in total. The predicted octanol–water partition coefficient (Wildman–Crippen LogP) is 5.18. The van der Waals surface area contributed by atoms with Crippen LogP contribution in [0.4, 0.5) is 4.39 Å². The molecule has 150 valence electrons. The van der Waals surface area contributed by atoms with Crippen molar-refractivity contribution < 1.29 is 23.8 Å². The molecule has 29 heavy (non-hydrogen) atoms. The maximum Gasteiger partial charge on any atom is 0.311 e. The first kappa shape index (κ1) is 20.6. The summed E-state index contributed by atoms with van der Waals surface area (Å²) in [5.74, 6) is -2.50. The lowest BCUT2D eigenvalue weighted by Crippen LogP contribution is -2.16. The van der Waals surface area contributed by atoms with Gasteiger partial charge in [0, 0.05) is 16.6 Å². The van der Waals surface area contributed by atoms with Crippen LogP contribution >= 0.6 is 11.6 Å². The number of aromatic nitrogens is 1. The standard InChI is InChI=1S/C22H19ClFNO4/c1-4-5-15(22(27)28)18-12(2)25(21(26)13-6-8-14(24)9-7-13)16-10-11-17(29-3)20(23)19(16)18/h4,6-11,15H,1,5H2,2-3H3,(H,27,28). The van der Waals surface area contributed by atoms with Gasteiger partial charge in [-0.05, 0) is 55.3 Å². The average Bonchev–Trinajstić information content (AvgIpc) is 2.98. The summed E-state index contributed by atoms with van der Waals surface area (Å²) in [6, 6.07) is 8.43. The van der Waals surface area contributed by atoms with E-state index >= 15 is 0 Å². The minimum atomic E-state index is -1.06. The third-order valence-electron chi connectivity index (χ3n) is 4.88. The van der Waals surface area contributed by atoms with E-state index in [-0.39, 0.29) is 17.0 Å². The molecule has 5 nitrogen and oxygen atoms in total. The number of fused-ring (bicyclic) bond motifs is 1. The van der Waals surface area contributed by atoms with E-state index in [2.05, 4.69) is 6.58 Å². The topological polar surface area (TPSA) is 68.5 Å². The van der Waals surface area contributed by atoms with Gasteiger partial charge >= 0.3 is 5.97 Å². The Morgan fingerprint density at radius 1 is 1.28 bits per heavy atom. The fraction of sp³-hybridized carbons (Fsp3) is 0.182. The van der Waals surface area contributed by atoms with E-state index in [0.29, 0.717) is 27.9 Å². The summed E-state index contributed by atoms with van der Waals surface area (Å²) in [4.78, 5) is 25.2. The van der Waals surface area contributed by atoms with Gasteiger partial charge < -0.3 is 9.84 Å². The van der Waals surface area contributed by atoms with E-state index in [1.807, 2.05) is 0 Å². The number of ether oxygens (including phenoxy) is 1. The highest BCUT2D eigenvalue weighted by Gasteiger charge is 2.30. The maximum absolute atomic E-state index is 13.3. The summed E-state index contributed by atoms with van der Waals surface area (Å²) < 4.78 is 20.0. The number of carbonyl (C=O) groups excluding carboxylic acids is 1. The molecule has 0 spiro atoms. The van der Waals surface area contributed by atoms with Crippen LogP contribution in [0.1, 0.15) is 34.0 Å². The number of hydrogen-bond donors (Lipinski definition) is 1. The molecule has 0 bridgehead atoms. The summed E-state index contributed by atoms with van der Waals surface area (Å²) in [5.41, 5.74) is 1.58. The number of methoxy groups -OCH3 is 1. The summed E-state index contributed by atoms with van der Waals surface area (Å²) in [6.45, 7) is 5.31. The van der Waals surface area contributed by atoms with Crippen LogP contribution in [-0.2, 0) is 4.79 Å². The number of benzene rings is 2. The zero-order chi connectivity index (χ0) is 21.3. The van der Waals surface area contributed by atoms with Crippen molar-refractivity contribution in [2.45, 2.75) is 19.3 Å². The van der Waals surface area contributed by atoms with Crippen LogP contribution in [0.25, 0.3) is 10.9 Å². The average molecular weight is 416 g/mol. The van der Waals surface area contributed by atoms with Crippen LogP contribution in [0.2, 0.25) is 5.02 Å². The smallest absolute Gasteiger partial charge is 0.311 e. The Balaban J connectivity index is 2.37. The minimum Gasteiger partial charge on any atom is -0.495 e. The number of carbonyl (C=O) groups is 2. The van der Waals surface area contributed by atoms with Crippen molar-refractivity contribution in [3.63, 3.8) is 0 Å². The highest BCUT2D eigenvalue weighted by molar-refractivity contribution is 6.37. The quantitative estimate of drug-likeness (QED) is 0.563. The van der Waals surface area contributed by atoms with Gasteiger partial charge in [-0.15, -0.1) is 6.58 Å². The Labute approximate surface area is 172 Å². The summed E-state index contributed by atoms with van der Waals surface area (Å²) in [5, 5.41) is 10.5. The number of carboxylic acid groups (broad SMARTS) is 1. The first-order valence-electron chi connectivity index (χ1n) is 8.83. The number of rotatable bonds is 6. The van der Waals surface area contributed by atoms with Gasteiger partial charge in [-0.3, -0.25) is 14.2 Å². The molecule has 2 aromatic carbocycles. The lowest BCUT2D eigenvalue weighted by atomic mass is 9.93. The number of hydrogen-bond acceptors (Lipinski definition) is 3. The van der Waals surface area contributed by atoms with Crippen molar-refractivity contribution in [2.24, 2.45) is 0 Å². The Hall–Kier alpha value is -3.12. The molecule has 3 aromatic rings. The SMILES string of the molecule is C=CCC(C(=O)O)c1c(C)n(C(=O)c2ccc(F)cc2)c2ccc(OC)c(Cl)c12. The normalized spacial score (nSPS) is 12.0. The van der Waals surface area contributed by atoms with Crippen LogP contribution in [0.15, 0.2) is 49.1 Å². The second kappa shape index (κ2) is 8.09. The number of carboxylic acids is 1. The number of nitrogens with zero attached hydrogens (tertiary/aromatic N) is 1. The lowest BCUT2D eigenvalue weighted by Gasteiger charge is -2.13. The van der Waals surface area contributed by atoms with Gasteiger partial charge in [0.05, 0.1) is 23.6 Å². The number of halogens is 2. The molecule has 0 saturated carbocycles. The molecule has 0 saturated heterocycles. The number of allylic oxidation sites excluding steroid dienone is 1. The van der Waals surface area contributed by atoms with Gasteiger partial charge in [-0.25, -0.2) is 4.39 Å². The summed E-state index contributed by atoms with van der Waals surface area (Å²) in [7, 11) is 1.46. The Kier molecular flexibility index (Phi) is 5.75. The highest BCUT2D eigenvalue weighted by atomic mass is 35.5. The Bertz CT molecular complexity index is 1120. The Morgan fingerprint density at radius 3 is 2.48 bits per heavy atom. The summed E-state index contributed by atoms with van der Waals surface area (Å²) >= 11 is 6.53. The molecular weight excluding hydrogens is 397 g/mol. The zero-order valence-corrected chi connectivity index (χ0v) is 16.7. The van der Waals surface area contributed by atoms with Crippen LogP contribution in [-0.4, -0.2) is 28.7 Å². The molecular formula is C22H19ClFNO4. The van der Waals surface area contributed by atoms with Crippen LogP contribution in [0.5, 0.6) is 5.75 Å². The minimum absolute atomic E-state index is 0.160. The van der Waals surface area contributed by atoms with Crippen molar-refractivity contribution in [3.05, 3.63) is 76.7 Å². The highest BCUT2D eigenvalue weighted by Crippen LogP contribution is 2.42. The van der Waals surface area contributed by atoms with Crippen molar-refractivity contribution in [3.8, 4) is 5.75 Å². The van der Waals surface area contributed by atoms with Crippen LogP contribution in [0, 0.1) is 12.7 Å². The fourth-order valence-corrected chi connectivity index (χ4v) is 3.89. The van der Waals surface area contributed by atoms with Crippen molar-refractivity contribution in [2.75, 3.05) is 7.11 Å². The van der Waals surface area contributed by atoms with Crippen molar-refractivity contribution in [1.29, 1.82) is 0 Å². The number of aliphatic carboxylic acids is 1. The molecule has 7 heteroatoms. The second-order valence-corrected chi connectivity index (χ2v) is 6.92. The molecule has 0 aliphatic rings. The molecule has 0 aliphatic heterocycles. The van der Waals surface area contributed by atoms with Crippen molar-refractivity contribution in [1.82, 2.24) is 4.57 Å².